The minimum absolute atomic E-state index is 0.0102. The normalized spacial score (nSPS) is 14.6. The topological polar surface area (TPSA) is 108 Å². The van der Waals surface area contributed by atoms with Gasteiger partial charge in [-0.25, -0.2) is 4.57 Å². The van der Waals surface area contributed by atoms with Crippen molar-refractivity contribution in [2.45, 2.75) is 187 Å². The molecule has 0 heterocycles. The third kappa shape index (κ3) is 58.6. The SMILES string of the molecule is CC/C=C\C/C=C\C/C=C\C/C=C\C/C=C\C/C=C\C/C=C\C/C=C\C/C=C\CCCCCCCCCC(=O)OC(COC(=O)CCC/C=C\C/C=C\C/C=C\C/C=C\C/C=C\CC)COP(=O)(O)OCC[N+](C)(C)C. The number of allylic oxidation sites excluding steroid dienone is 28. The van der Waals surface area contributed by atoms with Crippen LogP contribution in [0.3, 0.4) is 0 Å². The number of quaternary nitrogens is 1. The summed E-state index contributed by atoms with van der Waals surface area (Å²) in [7, 11) is 1.41. The van der Waals surface area contributed by atoms with Crippen LogP contribution in [0.1, 0.15) is 181 Å². The molecule has 1 N–H and O–H groups in total. The van der Waals surface area contributed by atoms with Gasteiger partial charge >= 0.3 is 19.8 Å². The Hall–Kier alpha value is -4.63. The number of unbranched alkanes of at least 4 members (excludes halogenated alkanes) is 8. The van der Waals surface area contributed by atoms with Gasteiger partial charge in [-0.05, 0) is 122 Å². The monoisotopic (exact) mass is 1070 g/mol. The van der Waals surface area contributed by atoms with Crippen LogP contribution in [0.2, 0.25) is 0 Å². The molecular formula is C66H105NO8P+. The third-order valence-corrected chi connectivity index (χ3v) is 12.2. The molecule has 0 bridgehead atoms. The molecule has 0 aromatic carbocycles. The number of carbonyl (C=O) groups excluding carboxylic acids is 2. The van der Waals surface area contributed by atoms with Crippen LogP contribution in [0.5, 0.6) is 0 Å². The van der Waals surface area contributed by atoms with Gasteiger partial charge in [0.15, 0.2) is 6.10 Å². The van der Waals surface area contributed by atoms with E-state index >= 15 is 0 Å². The zero-order valence-corrected chi connectivity index (χ0v) is 49.1. The molecule has 9 nitrogen and oxygen atoms in total. The first-order valence-electron chi connectivity index (χ1n) is 28.9. The third-order valence-electron chi connectivity index (χ3n) is 11.2. The van der Waals surface area contributed by atoms with E-state index in [1.807, 2.05) is 21.1 Å². The Morgan fingerprint density at radius 3 is 1.09 bits per heavy atom. The fourth-order valence-corrected chi connectivity index (χ4v) is 7.61. The zero-order chi connectivity index (χ0) is 55.6. The first-order chi connectivity index (χ1) is 37.0. The highest BCUT2D eigenvalue weighted by Crippen LogP contribution is 2.43. The van der Waals surface area contributed by atoms with E-state index in [-0.39, 0.29) is 26.1 Å². The molecule has 0 aliphatic carbocycles. The first kappa shape index (κ1) is 71.4. The number of rotatable bonds is 50. The summed E-state index contributed by atoms with van der Waals surface area (Å²) in [6, 6.07) is 0. The molecule has 0 saturated heterocycles. The Kier molecular flexibility index (Phi) is 51.8. The Morgan fingerprint density at radius 1 is 0.408 bits per heavy atom. The summed E-state index contributed by atoms with van der Waals surface area (Å²) < 4.78 is 34.4. The zero-order valence-electron chi connectivity index (χ0n) is 48.2. The molecule has 0 radical (unpaired) electrons. The average Bonchev–Trinajstić information content (AvgIpc) is 3.38. The lowest BCUT2D eigenvalue weighted by Gasteiger charge is -2.24. The second-order valence-electron chi connectivity index (χ2n) is 19.6. The molecule has 0 aromatic heterocycles. The number of nitrogens with zero attached hydrogens (tertiary/aromatic N) is 1. The molecule has 2 unspecified atom stereocenters. The van der Waals surface area contributed by atoms with Crippen molar-refractivity contribution in [1.29, 1.82) is 0 Å². The minimum Gasteiger partial charge on any atom is -0.462 e. The summed E-state index contributed by atoms with van der Waals surface area (Å²) in [6.45, 7) is 4.09. The molecule has 426 valence electrons. The van der Waals surface area contributed by atoms with E-state index in [9.17, 15) is 19.0 Å². The van der Waals surface area contributed by atoms with Gasteiger partial charge in [-0.15, -0.1) is 0 Å². The predicted molar refractivity (Wildman–Crippen MR) is 325 cm³/mol. The van der Waals surface area contributed by atoms with Gasteiger partial charge in [-0.2, -0.15) is 0 Å². The smallest absolute Gasteiger partial charge is 0.462 e. The molecule has 2 atom stereocenters. The van der Waals surface area contributed by atoms with Gasteiger partial charge < -0.3 is 18.9 Å². The van der Waals surface area contributed by atoms with Gasteiger partial charge in [0, 0.05) is 12.8 Å². The molecule has 0 saturated carbocycles. The van der Waals surface area contributed by atoms with Crippen LogP contribution in [0.25, 0.3) is 0 Å². The fraction of sp³-hybridized carbons (Fsp3) is 0.545. The van der Waals surface area contributed by atoms with Gasteiger partial charge in [0.05, 0.1) is 27.7 Å². The Balaban J connectivity index is 4.27. The summed E-state index contributed by atoms with van der Waals surface area (Å²) in [4.78, 5) is 35.6. The molecule has 76 heavy (non-hydrogen) atoms. The Labute approximate surface area is 464 Å². The summed E-state index contributed by atoms with van der Waals surface area (Å²) in [5.41, 5.74) is 0. The fourth-order valence-electron chi connectivity index (χ4n) is 6.86. The highest BCUT2D eigenvalue weighted by Gasteiger charge is 2.27. The molecule has 0 amide bonds. The number of ether oxygens (including phenoxy) is 2. The molecule has 0 fully saturated rings. The van der Waals surface area contributed by atoms with Crippen LogP contribution in [0.4, 0.5) is 0 Å². The molecule has 0 aromatic rings. The van der Waals surface area contributed by atoms with Crippen LogP contribution >= 0.6 is 7.82 Å². The Bertz CT molecular complexity index is 1880. The van der Waals surface area contributed by atoms with Crippen LogP contribution in [-0.4, -0.2) is 74.9 Å². The van der Waals surface area contributed by atoms with Crippen molar-refractivity contribution in [3.8, 4) is 0 Å². The number of phosphoric acid groups is 1. The molecular weight excluding hydrogens is 966 g/mol. The van der Waals surface area contributed by atoms with Gasteiger partial charge in [-0.1, -0.05) is 216 Å². The largest absolute Gasteiger partial charge is 0.472 e. The van der Waals surface area contributed by atoms with Crippen molar-refractivity contribution >= 4 is 19.8 Å². The van der Waals surface area contributed by atoms with E-state index < -0.39 is 32.5 Å². The van der Waals surface area contributed by atoms with Crippen molar-refractivity contribution in [2.24, 2.45) is 0 Å². The highest BCUT2D eigenvalue weighted by atomic mass is 31.2. The van der Waals surface area contributed by atoms with E-state index in [4.69, 9.17) is 18.5 Å². The summed E-state index contributed by atoms with van der Waals surface area (Å²) in [5, 5.41) is 0. The molecule has 10 heteroatoms. The highest BCUT2D eigenvalue weighted by molar-refractivity contribution is 7.47. The number of phosphoric ester groups is 1. The molecule has 0 spiro atoms. The molecule has 0 rings (SSSR count). The summed E-state index contributed by atoms with van der Waals surface area (Å²) >= 11 is 0. The quantitative estimate of drug-likeness (QED) is 0.0211. The van der Waals surface area contributed by atoms with Crippen molar-refractivity contribution < 1.29 is 42.1 Å². The number of esters is 2. The maximum atomic E-state index is 12.8. The lowest BCUT2D eigenvalue weighted by Crippen LogP contribution is -2.37. The Morgan fingerprint density at radius 2 is 0.724 bits per heavy atom. The molecule has 0 aliphatic heterocycles. The van der Waals surface area contributed by atoms with Crippen LogP contribution in [0.15, 0.2) is 170 Å². The van der Waals surface area contributed by atoms with Gasteiger partial charge in [0.1, 0.15) is 19.8 Å². The lowest BCUT2D eigenvalue weighted by molar-refractivity contribution is -0.870. The second-order valence-corrected chi connectivity index (χ2v) is 21.0. The number of hydrogen-bond acceptors (Lipinski definition) is 7. The molecule has 0 aliphatic rings. The van der Waals surface area contributed by atoms with Crippen molar-refractivity contribution in [1.82, 2.24) is 0 Å². The maximum absolute atomic E-state index is 12.8. The van der Waals surface area contributed by atoms with E-state index in [1.165, 1.54) is 12.8 Å². The first-order valence-corrected chi connectivity index (χ1v) is 30.4. The van der Waals surface area contributed by atoms with Gasteiger partial charge in [0.25, 0.3) is 0 Å². The second kappa shape index (κ2) is 55.1. The standard InChI is InChI=1S/C66H104NO8P/c1-6-8-10-12-14-16-18-20-22-24-25-26-27-28-29-30-31-32-33-34-35-36-37-38-39-40-41-43-45-47-49-51-53-55-57-59-66(69)75-64(63-74-76(70,71)73-61-60-67(3,4)5)62-72-65(68)58-56-54-52-50-48-46-44-42-23-21-19-17-15-13-11-9-7-2/h8-11,14-17,20-23,25-26,28-29,31-32,34-35,37-38,40-41,44,46,50,52,64H,6-7,12-13,18-19,24,27,30,33,36,39,42-43,45,47-49,51,53-63H2,1-5H3/p+1/b10-8-,11-9-,16-14-,17-15-,22-20-,23-21-,26-25-,29-28-,32-31-,35-34-,38-37-,41-40-,46-44-,52-50-. The van der Waals surface area contributed by atoms with Crippen LogP contribution in [-0.2, 0) is 32.7 Å². The van der Waals surface area contributed by atoms with E-state index in [0.29, 0.717) is 23.9 Å². The van der Waals surface area contributed by atoms with Gasteiger partial charge in [0.2, 0.25) is 0 Å². The lowest BCUT2D eigenvalue weighted by atomic mass is 10.1. The van der Waals surface area contributed by atoms with Crippen molar-refractivity contribution in [3.63, 3.8) is 0 Å². The summed E-state index contributed by atoms with van der Waals surface area (Å²) in [6.07, 6.45) is 84.3. The van der Waals surface area contributed by atoms with Gasteiger partial charge in [-0.3, -0.25) is 18.6 Å². The van der Waals surface area contributed by atoms with Crippen LogP contribution < -0.4 is 0 Å². The number of likely N-dealkylation sites (N-methyl/N-ethyl adjacent to an activating group) is 1. The van der Waals surface area contributed by atoms with Crippen LogP contribution in [0, 0.1) is 0 Å². The summed E-state index contributed by atoms with van der Waals surface area (Å²) in [5.74, 6) is -0.896. The average molecular weight is 1070 g/mol. The van der Waals surface area contributed by atoms with E-state index in [1.54, 1.807) is 0 Å². The minimum atomic E-state index is -4.41. The maximum Gasteiger partial charge on any atom is 0.472 e. The van der Waals surface area contributed by atoms with E-state index in [0.717, 1.165) is 128 Å². The predicted octanol–water partition coefficient (Wildman–Crippen LogP) is 18.3. The van der Waals surface area contributed by atoms with Crippen molar-refractivity contribution in [3.05, 3.63) is 170 Å². The van der Waals surface area contributed by atoms with Crippen molar-refractivity contribution in [2.75, 3.05) is 47.5 Å². The number of carbonyl (C=O) groups is 2. The number of hydrogen-bond donors (Lipinski definition) is 1. The van der Waals surface area contributed by atoms with E-state index in [2.05, 4.69) is 184 Å².